The van der Waals surface area contributed by atoms with Crippen molar-refractivity contribution in [3.8, 4) is 29.8 Å². The Hall–Kier alpha value is -3.59. The Morgan fingerprint density at radius 1 is 0.737 bits per heavy atom. The first-order chi connectivity index (χ1) is 18.7. The third kappa shape index (κ3) is 8.76. The Labute approximate surface area is 234 Å². The van der Waals surface area contributed by atoms with Gasteiger partial charge in [-0.3, -0.25) is 0 Å². The molecule has 0 aliphatic carbocycles. The third-order valence-corrected chi connectivity index (χ3v) is 8.17. The maximum absolute atomic E-state index is 10.9. The number of aliphatic hydroxyl groups excluding tert-OH is 1. The van der Waals surface area contributed by atoms with Crippen molar-refractivity contribution in [1.29, 1.82) is 5.26 Å². The fraction of sp³-hybridized carbons (Fsp3) is 0.265. The average Bonchev–Trinajstić information content (AvgIpc) is 3.59. The van der Waals surface area contributed by atoms with Gasteiger partial charge in [-0.1, -0.05) is 84.3 Å². The summed E-state index contributed by atoms with van der Waals surface area (Å²) in [6.45, 7) is 0. The van der Waals surface area contributed by atoms with Crippen molar-refractivity contribution < 1.29 is 5.11 Å². The van der Waals surface area contributed by atoms with Crippen molar-refractivity contribution in [2.75, 3.05) is 0 Å². The Morgan fingerprint density at radius 3 is 1.87 bits per heavy atom. The van der Waals surface area contributed by atoms with Crippen molar-refractivity contribution in [2.24, 2.45) is 0 Å². The minimum absolute atomic E-state index is 0.441. The Bertz CT molecular complexity index is 1440. The van der Waals surface area contributed by atoms with E-state index in [9.17, 15) is 10.4 Å². The summed E-state index contributed by atoms with van der Waals surface area (Å²) in [5.41, 5.74) is 4.57. The van der Waals surface area contributed by atoms with Crippen molar-refractivity contribution in [1.82, 2.24) is 0 Å². The molecule has 0 saturated heterocycles. The number of hydrogen-bond donors (Lipinski definition) is 1. The highest BCUT2D eigenvalue weighted by molar-refractivity contribution is 7.10. The second kappa shape index (κ2) is 15.0. The zero-order chi connectivity index (χ0) is 26.4. The van der Waals surface area contributed by atoms with Crippen LogP contribution in [0.25, 0.3) is 0 Å². The van der Waals surface area contributed by atoms with Crippen LogP contribution in [0, 0.1) is 35.0 Å². The van der Waals surface area contributed by atoms with Crippen LogP contribution < -0.4 is 0 Å². The molecule has 0 aliphatic rings. The van der Waals surface area contributed by atoms with E-state index < -0.39 is 12.0 Å². The van der Waals surface area contributed by atoms with E-state index in [1.54, 1.807) is 11.3 Å². The number of aliphatic hydroxyl groups is 1. The molecule has 0 bridgehead atoms. The van der Waals surface area contributed by atoms with Gasteiger partial charge in [0.05, 0.1) is 12.2 Å². The molecule has 38 heavy (non-hydrogen) atoms. The summed E-state index contributed by atoms with van der Waals surface area (Å²) in [5.74, 6) is 12.4. The fourth-order valence-corrected chi connectivity index (χ4v) is 5.99. The van der Waals surface area contributed by atoms with E-state index in [0.717, 1.165) is 59.4 Å². The highest BCUT2D eigenvalue weighted by Gasteiger charge is 2.23. The van der Waals surface area contributed by atoms with Crippen molar-refractivity contribution in [2.45, 2.75) is 57.0 Å². The molecule has 0 saturated carbocycles. The monoisotopic (exact) mass is 533 g/mol. The lowest BCUT2D eigenvalue weighted by molar-refractivity contribution is 0.163. The van der Waals surface area contributed by atoms with E-state index >= 15 is 0 Å². The van der Waals surface area contributed by atoms with Gasteiger partial charge in [-0.25, -0.2) is 0 Å². The average molecular weight is 534 g/mol. The van der Waals surface area contributed by atoms with Crippen LogP contribution in [0.4, 0.5) is 0 Å². The Morgan fingerprint density at radius 2 is 1.29 bits per heavy atom. The van der Waals surface area contributed by atoms with E-state index in [4.69, 9.17) is 0 Å². The van der Waals surface area contributed by atoms with Gasteiger partial charge in [0.1, 0.15) is 5.92 Å². The van der Waals surface area contributed by atoms with Gasteiger partial charge in [-0.2, -0.15) is 5.26 Å². The molecule has 0 radical (unpaired) electrons. The van der Waals surface area contributed by atoms with Gasteiger partial charge in [-0.05, 0) is 48.9 Å². The van der Waals surface area contributed by atoms with Crippen molar-refractivity contribution >= 4 is 22.7 Å². The van der Waals surface area contributed by atoms with Crippen LogP contribution in [-0.4, -0.2) is 11.2 Å². The van der Waals surface area contributed by atoms with Crippen LogP contribution in [0.15, 0.2) is 83.6 Å². The van der Waals surface area contributed by atoms with Gasteiger partial charge < -0.3 is 5.11 Å². The molecule has 2 unspecified atom stereocenters. The maximum Gasteiger partial charge on any atom is 0.107 e. The van der Waals surface area contributed by atoms with Gasteiger partial charge >= 0.3 is 0 Å². The molecule has 0 amide bonds. The number of thiophene rings is 2. The summed E-state index contributed by atoms with van der Waals surface area (Å²) in [6, 6.07) is 27.2. The molecule has 190 valence electrons. The summed E-state index contributed by atoms with van der Waals surface area (Å²) in [5, 5.41) is 24.7. The zero-order valence-corrected chi connectivity index (χ0v) is 23.0. The number of unbranched alkanes of at least 4 members (excludes halogenated alkanes) is 2. The molecule has 4 aromatic rings. The molecule has 2 nitrogen and oxygen atoms in total. The molecule has 2 heterocycles. The number of nitrogens with zero attached hydrogens (tertiary/aromatic N) is 1. The summed E-state index contributed by atoms with van der Waals surface area (Å²) >= 11 is 3.09. The molecular weight excluding hydrogens is 503 g/mol. The summed E-state index contributed by atoms with van der Waals surface area (Å²) < 4.78 is 0. The van der Waals surface area contributed by atoms with Gasteiger partial charge in [-0.15, -0.1) is 22.7 Å². The molecular formula is C34H31NOS2. The van der Waals surface area contributed by atoms with Crippen LogP contribution >= 0.6 is 22.7 Å². The van der Waals surface area contributed by atoms with E-state index in [1.807, 2.05) is 35.0 Å². The van der Waals surface area contributed by atoms with Crippen LogP contribution in [0.5, 0.6) is 0 Å². The van der Waals surface area contributed by atoms with Gasteiger partial charge in [0.15, 0.2) is 0 Å². The predicted octanol–water partition coefficient (Wildman–Crippen LogP) is 7.77. The van der Waals surface area contributed by atoms with Gasteiger partial charge in [0.25, 0.3) is 0 Å². The van der Waals surface area contributed by atoms with E-state index in [2.05, 4.69) is 78.3 Å². The topological polar surface area (TPSA) is 44.0 Å². The largest absolute Gasteiger partial charge is 0.391 e. The van der Waals surface area contributed by atoms with Crippen molar-refractivity contribution in [3.05, 3.63) is 116 Å². The molecule has 2 aromatic heterocycles. The smallest absolute Gasteiger partial charge is 0.107 e. The highest BCUT2D eigenvalue weighted by atomic mass is 32.1. The van der Waals surface area contributed by atoms with Gasteiger partial charge in [0.2, 0.25) is 0 Å². The molecule has 4 heteroatoms. The van der Waals surface area contributed by atoms with E-state index in [-0.39, 0.29) is 0 Å². The van der Waals surface area contributed by atoms with Crippen LogP contribution in [0.2, 0.25) is 0 Å². The van der Waals surface area contributed by atoms with Crippen molar-refractivity contribution in [3.63, 3.8) is 0 Å². The molecule has 0 fully saturated rings. The van der Waals surface area contributed by atoms with Crippen LogP contribution in [0.3, 0.4) is 0 Å². The number of hydrogen-bond acceptors (Lipinski definition) is 4. The number of benzene rings is 2. The first-order valence-corrected chi connectivity index (χ1v) is 14.8. The van der Waals surface area contributed by atoms with Crippen LogP contribution in [-0.2, 0) is 19.3 Å². The number of rotatable bonds is 10. The lowest BCUT2D eigenvalue weighted by atomic mass is 9.98. The number of nitriles is 1. The SMILES string of the molecule is N#CC(c1cc(C#CCCCc2ccccc2)cs1)C(O)Cc1cc(C#CCCCc2ccccc2)cs1. The minimum Gasteiger partial charge on any atom is -0.391 e. The molecule has 1 N–H and O–H groups in total. The highest BCUT2D eigenvalue weighted by Crippen LogP contribution is 2.29. The predicted molar refractivity (Wildman–Crippen MR) is 159 cm³/mol. The van der Waals surface area contributed by atoms with Gasteiger partial charge in [0, 0.05) is 50.9 Å². The minimum atomic E-state index is -0.768. The molecule has 2 aromatic carbocycles. The fourth-order valence-electron chi connectivity index (χ4n) is 4.18. The lowest BCUT2D eigenvalue weighted by Gasteiger charge is -2.14. The second-order valence-electron chi connectivity index (χ2n) is 9.20. The molecule has 4 rings (SSSR count). The summed E-state index contributed by atoms with van der Waals surface area (Å²) in [6.07, 6.45) is 5.49. The quantitative estimate of drug-likeness (QED) is 0.167. The van der Waals surface area contributed by atoms with E-state index in [0.29, 0.717) is 6.42 Å². The molecule has 2 atom stereocenters. The summed E-state index contributed by atoms with van der Waals surface area (Å²) in [4.78, 5) is 1.91. The molecule has 0 aliphatic heterocycles. The first-order valence-electron chi connectivity index (χ1n) is 13.0. The zero-order valence-electron chi connectivity index (χ0n) is 21.4. The number of aryl methyl sites for hydroxylation is 2. The standard InChI is InChI=1S/C34H31NOS2/c35-24-32(34-22-30(26-38-34)20-12-4-10-18-28-15-7-2-8-16-28)33(36)23-31-21-29(25-37-31)19-11-3-9-17-27-13-5-1-6-14-27/h1-2,5-8,13-16,21-22,25-26,32-33,36H,3-4,9-10,17-18,23H2. The first kappa shape index (κ1) is 27.4. The molecule has 0 spiro atoms. The lowest BCUT2D eigenvalue weighted by Crippen LogP contribution is -2.18. The third-order valence-electron chi connectivity index (χ3n) is 6.20. The second-order valence-corrected chi connectivity index (χ2v) is 11.1. The normalized spacial score (nSPS) is 11.9. The summed E-state index contributed by atoms with van der Waals surface area (Å²) in [7, 11) is 0. The van der Waals surface area contributed by atoms with Crippen LogP contribution in [0.1, 0.15) is 63.6 Å². The Balaban J connectivity index is 1.24. The Kier molecular flexibility index (Phi) is 10.8. The maximum atomic E-state index is 10.9. The van der Waals surface area contributed by atoms with E-state index in [1.165, 1.54) is 22.5 Å².